The van der Waals surface area contributed by atoms with Crippen LogP contribution in [0.1, 0.15) is 32.0 Å². The Morgan fingerprint density at radius 2 is 2.11 bits per heavy atom. The Balaban J connectivity index is 2.12. The predicted molar refractivity (Wildman–Crippen MR) is 77.5 cm³/mol. The fourth-order valence-electron chi connectivity index (χ4n) is 2.00. The van der Waals surface area contributed by atoms with Gasteiger partial charge in [-0.3, -0.25) is 0 Å². The highest BCUT2D eigenvalue weighted by atomic mass is 32.2. The molecule has 1 aromatic heterocycles. The summed E-state index contributed by atoms with van der Waals surface area (Å²) in [7, 11) is -3.09. The average Bonchev–Trinajstić information content (AvgIpc) is 2.69. The molecule has 1 heterocycles. The van der Waals surface area contributed by atoms with Crippen molar-refractivity contribution >= 4 is 26.6 Å². The van der Waals surface area contributed by atoms with Crippen LogP contribution in [0, 0.1) is 0 Å². The van der Waals surface area contributed by atoms with Crippen molar-refractivity contribution < 1.29 is 8.42 Å². The molecular formula is C13H19N3O2S. The highest BCUT2D eigenvalue weighted by Crippen LogP contribution is 2.16. The van der Waals surface area contributed by atoms with Crippen molar-refractivity contribution in [1.82, 2.24) is 9.97 Å². The lowest BCUT2D eigenvalue weighted by Crippen LogP contribution is -2.10. The first kappa shape index (κ1) is 13.9. The second-order valence-corrected chi connectivity index (χ2v) is 6.94. The van der Waals surface area contributed by atoms with Crippen LogP contribution in [0.25, 0.3) is 11.0 Å². The average molecular weight is 281 g/mol. The summed E-state index contributed by atoms with van der Waals surface area (Å²) in [5.41, 5.74) is 7.83. The number of nitrogens with zero attached hydrogens (tertiary/aromatic N) is 1. The molecule has 2 rings (SSSR count). The molecule has 0 unspecified atom stereocenters. The molecular weight excluding hydrogens is 262 g/mol. The summed E-state index contributed by atoms with van der Waals surface area (Å²) in [5.74, 6) is 0.669. The summed E-state index contributed by atoms with van der Waals surface area (Å²) in [6.07, 6.45) is 2.67. The highest BCUT2D eigenvalue weighted by Gasteiger charge is 2.14. The fourth-order valence-corrected chi connectivity index (χ4v) is 3.34. The normalized spacial score (nSPS) is 12.1. The molecule has 0 amide bonds. The maximum atomic E-state index is 11.9. The number of aromatic nitrogens is 2. The minimum atomic E-state index is -3.09. The number of sulfone groups is 1. The lowest BCUT2D eigenvalue weighted by atomic mass is 10.3. The second-order valence-electron chi connectivity index (χ2n) is 4.76. The largest absolute Gasteiger partial charge is 0.399 e. The van der Waals surface area contributed by atoms with Crippen LogP contribution in [0.2, 0.25) is 0 Å². The van der Waals surface area contributed by atoms with Crippen LogP contribution < -0.4 is 5.73 Å². The first-order chi connectivity index (χ1) is 9.00. The number of benzene rings is 1. The number of nitrogens with two attached hydrogens (primary N) is 1. The van der Waals surface area contributed by atoms with Crippen LogP contribution in [0.4, 0.5) is 5.69 Å². The number of rotatable bonds is 6. The van der Waals surface area contributed by atoms with E-state index < -0.39 is 9.84 Å². The van der Waals surface area contributed by atoms with Gasteiger partial charge in [-0.25, -0.2) is 13.4 Å². The maximum Gasteiger partial charge on any atom is 0.157 e. The van der Waals surface area contributed by atoms with Crippen LogP contribution in [0.5, 0.6) is 0 Å². The van der Waals surface area contributed by atoms with Crippen molar-refractivity contribution in [2.75, 3.05) is 11.5 Å². The minimum absolute atomic E-state index is 0.0364. The Morgan fingerprint density at radius 1 is 1.32 bits per heavy atom. The number of H-pyrrole nitrogens is 1. The van der Waals surface area contributed by atoms with E-state index in [1.807, 2.05) is 0 Å². The van der Waals surface area contributed by atoms with Crippen molar-refractivity contribution in [3.8, 4) is 0 Å². The minimum Gasteiger partial charge on any atom is -0.399 e. The van der Waals surface area contributed by atoms with Crippen LogP contribution in [-0.2, 0) is 15.6 Å². The summed E-state index contributed by atoms with van der Waals surface area (Å²) in [6, 6.07) is 5.30. The van der Waals surface area contributed by atoms with Crippen LogP contribution in [0.3, 0.4) is 0 Å². The number of anilines is 1. The molecule has 3 N–H and O–H groups in total. The molecule has 5 nitrogen and oxygen atoms in total. The number of unbranched alkanes of at least 4 members (excludes halogenated alkanes) is 2. The molecule has 19 heavy (non-hydrogen) atoms. The van der Waals surface area contributed by atoms with E-state index in [0.29, 0.717) is 17.9 Å². The Labute approximate surface area is 113 Å². The van der Waals surface area contributed by atoms with E-state index >= 15 is 0 Å². The topological polar surface area (TPSA) is 88.8 Å². The van der Waals surface area contributed by atoms with Gasteiger partial charge in [0.05, 0.1) is 16.8 Å². The van der Waals surface area contributed by atoms with Gasteiger partial charge in [0, 0.05) is 5.69 Å². The number of hydrogen-bond donors (Lipinski definition) is 2. The maximum absolute atomic E-state index is 11.9. The van der Waals surface area contributed by atoms with E-state index in [2.05, 4.69) is 16.9 Å². The number of imidazole rings is 1. The molecule has 0 bridgehead atoms. The molecule has 0 aliphatic heterocycles. The highest BCUT2D eigenvalue weighted by molar-refractivity contribution is 7.90. The summed E-state index contributed by atoms with van der Waals surface area (Å²) in [6.45, 7) is 2.05. The third-order valence-electron chi connectivity index (χ3n) is 2.97. The molecule has 0 saturated carbocycles. The van der Waals surface area contributed by atoms with Crippen LogP contribution in [-0.4, -0.2) is 24.1 Å². The van der Waals surface area contributed by atoms with Crippen molar-refractivity contribution in [2.24, 2.45) is 0 Å². The van der Waals surface area contributed by atoms with E-state index in [0.717, 1.165) is 23.9 Å². The third-order valence-corrected chi connectivity index (χ3v) is 4.59. The van der Waals surface area contributed by atoms with Crippen molar-refractivity contribution in [3.63, 3.8) is 0 Å². The monoisotopic (exact) mass is 281 g/mol. The Morgan fingerprint density at radius 3 is 2.84 bits per heavy atom. The number of nitrogens with one attached hydrogen (secondary N) is 1. The van der Waals surface area contributed by atoms with Gasteiger partial charge in [0.2, 0.25) is 0 Å². The SMILES string of the molecule is CCCCCS(=O)(=O)Cc1nc2ccc(N)cc2[nH]1. The lowest BCUT2D eigenvalue weighted by molar-refractivity contribution is 0.589. The fraction of sp³-hybridized carbons (Fsp3) is 0.462. The molecule has 0 spiro atoms. The van der Waals surface area contributed by atoms with Gasteiger partial charge in [-0.2, -0.15) is 0 Å². The molecule has 6 heteroatoms. The zero-order valence-electron chi connectivity index (χ0n) is 11.0. The quantitative estimate of drug-likeness (QED) is 0.628. The summed E-state index contributed by atoms with van der Waals surface area (Å²) in [4.78, 5) is 7.29. The zero-order valence-corrected chi connectivity index (χ0v) is 11.8. The Bertz CT molecular complexity index is 662. The molecule has 0 aliphatic carbocycles. The van der Waals surface area contributed by atoms with Crippen LogP contribution >= 0.6 is 0 Å². The third kappa shape index (κ3) is 3.70. The number of nitrogen functional groups attached to an aromatic ring is 1. The molecule has 2 aromatic rings. The molecule has 104 valence electrons. The Hall–Kier alpha value is -1.56. The van der Waals surface area contributed by atoms with E-state index in [4.69, 9.17) is 5.73 Å². The van der Waals surface area contributed by atoms with Crippen LogP contribution in [0.15, 0.2) is 18.2 Å². The van der Waals surface area contributed by atoms with Gasteiger partial charge in [0.1, 0.15) is 11.6 Å². The molecule has 0 saturated heterocycles. The smallest absolute Gasteiger partial charge is 0.157 e. The first-order valence-corrected chi connectivity index (χ1v) is 8.27. The predicted octanol–water partition coefficient (Wildman–Crippen LogP) is 2.25. The summed E-state index contributed by atoms with van der Waals surface area (Å²) >= 11 is 0. The van der Waals surface area contributed by atoms with Gasteiger partial charge in [-0.1, -0.05) is 19.8 Å². The molecule has 0 fully saturated rings. The van der Waals surface area contributed by atoms with Gasteiger partial charge >= 0.3 is 0 Å². The number of aromatic amines is 1. The van der Waals surface area contributed by atoms with Gasteiger partial charge in [-0.05, 0) is 24.6 Å². The van der Waals surface area contributed by atoms with Gasteiger partial charge in [0.15, 0.2) is 9.84 Å². The Kier molecular flexibility index (Phi) is 4.09. The lowest BCUT2D eigenvalue weighted by Gasteiger charge is -2.01. The van der Waals surface area contributed by atoms with Gasteiger partial charge in [0.25, 0.3) is 0 Å². The van der Waals surface area contributed by atoms with E-state index in [1.54, 1.807) is 18.2 Å². The van der Waals surface area contributed by atoms with Crippen molar-refractivity contribution in [1.29, 1.82) is 0 Å². The van der Waals surface area contributed by atoms with Crippen molar-refractivity contribution in [2.45, 2.75) is 31.9 Å². The summed E-state index contributed by atoms with van der Waals surface area (Å²) in [5, 5.41) is 0. The van der Waals surface area contributed by atoms with E-state index in [-0.39, 0.29) is 11.5 Å². The zero-order chi connectivity index (χ0) is 13.9. The standard InChI is InChI=1S/C13H19N3O2S/c1-2-3-4-7-19(17,18)9-13-15-11-6-5-10(14)8-12(11)16-13/h5-6,8H,2-4,7,9,14H2,1H3,(H,15,16). The second kappa shape index (κ2) is 5.61. The summed E-state index contributed by atoms with van der Waals surface area (Å²) < 4.78 is 23.9. The van der Waals surface area contributed by atoms with E-state index in [9.17, 15) is 8.42 Å². The van der Waals surface area contributed by atoms with E-state index in [1.165, 1.54) is 0 Å². The van der Waals surface area contributed by atoms with Gasteiger partial charge in [-0.15, -0.1) is 0 Å². The molecule has 0 aliphatic rings. The van der Waals surface area contributed by atoms with Gasteiger partial charge < -0.3 is 10.7 Å². The first-order valence-electron chi connectivity index (χ1n) is 6.45. The molecule has 0 atom stereocenters. The number of hydrogen-bond acceptors (Lipinski definition) is 4. The molecule has 1 aromatic carbocycles. The van der Waals surface area contributed by atoms with Crippen molar-refractivity contribution in [3.05, 3.63) is 24.0 Å². The molecule has 0 radical (unpaired) electrons. The number of fused-ring (bicyclic) bond motifs is 1.